The first kappa shape index (κ1) is 12.7. The molecule has 2 heteroatoms. The van der Waals surface area contributed by atoms with Gasteiger partial charge in [0.1, 0.15) is 0 Å². The lowest BCUT2D eigenvalue weighted by molar-refractivity contribution is 0.118. The van der Waals surface area contributed by atoms with E-state index in [4.69, 9.17) is 0 Å². The first-order chi connectivity index (χ1) is 7.09. The van der Waals surface area contributed by atoms with Crippen LogP contribution in [-0.2, 0) is 0 Å². The summed E-state index contributed by atoms with van der Waals surface area (Å²) < 4.78 is 0. The van der Waals surface area contributed by atoms with Crippen molar-refractivity contribution in [3.63, 3.8) is 0 Å². The van der Waals surface area contributed by atoms with E-state index in [1.54, 1.807) is 0 Å². The zero-order valence-electron chi connectivity index (χ0n) is 10.2. The smallest absolute Gasteiger partial charge is 0.0527 e. The van der Waals surface area contributed by atoms with Gasteiger partial charge in [-0.3, -0.25) is 4.90 Å². The molecule has 0 aromatic rings. The van der Waals surface area contributed by atoms with E-state index < -0.39 is 0 Å². The van der Waals surface area contributed by atoms with E-state index in [-0.39, 0.29) is 6.10 Å². The summed E-state index contributed by atoms with van der Waals surface area (Å²) in [4.78, 5) is 2.50. The molecule has 0 aromatic carbocycles. The second kappa shape index (κ2) is 6.29. The molecule has 2 nitrogen and oxygen atoms in total. The average Bonchev–Trinajstić information content (AvgIpc) is 2.30. The van der Waals surface area contributed by atoms with Crippen molar-refractivity contribution < 1.29 is 5.11 Å². The number of hydrogen-bond acceptors (Lipinski definition) is 2. The molecule has 2 unspecified atom stereocenters. The number of hydrogen-bond donors (Lipinski definition) is 1. The van der Waals surface area contributed by atoms with Crippen LogP contribution in [0.3, 0.4) is 0 Å². The quantitative estimate of drug-likeness (QED) is 0.722. The second-order valence-electron chi connectivity index (χ2n) is 5.02. The summed E-state index contributed by atoms with van der Waals surface area (Å²) in [6.07, 6.45) is 5.91. The molecule has 1 fully saturated rings. The van der Waals surface area contributed by atoms with Crippen molar-refractivity contribution in [1.82, 2.24) is 4.90 Å². The molecule has 15 heavy (non-hydrogen) atoms. The van der Waals surface area contributed by atoms with Crippen LogP contribution in [0.1, 0.15) is 46.0 Å². The fourth-order valence-corrected chi connectivity index (χ4v) is 2.45. The minimum Gasteiger partial charge on any atom is -0.393 e. The Morgan fingerprint density at radius 1 is 1.47 bits per heavy atom. The maximum Gasteiger partial charge on any atom is 0.0527 e. The molecule has 0 amide bonds. The molecule has 0 bridgehead atoms. The van der Waals surface area contributed by atoms with Crippen LogP contribution in [0.5, 0.6) is 0 Å². The molecule has 0 aromatic heterocycles. The molecule has 0 spiro atoms. The summed E-state index contributed by atoms with van der Waals surface area (Å²) in [5, 5.41) is 9.50. The predicted octanol–water partition coefficient (Wildman–Crippen LogP) is 2.58. The molecule has 0 saturated carbocycles. The van der Waals surface area contributed by atoms with Crippen molar-refractivity contribution in [1.29, 1.82) is 0 Å². The summed E-state index contributed by atoms with van der Waals surface area (Å²) in [6.45, 7) is 10.1. The Morgan fingerprint density at radius 3 is 2.80 bits per heavy atom. The van der Waals surface area contributed by atoms with Gasteiger partial charge < -0.3 is 5.11 Å². The van der Waals surface area contributed by atoms with Crippen molar-refractivity contribution >= 4 is 0 Å². The number of likely N-dealkylation sites (tertiary alicyclic amines) is 1. The van der Waals surface area contributed by atoms with Gasteiger partial charge in [-0.15, -0.1) is 0 Å². The number of aliphatic hydroxyl groups excluding tert-OH is 1. The van der Waals surface area contributed by atoms with E-state index in [2.05, 4.69) is 18.4 Å². The summed E-state index contributed by atoms with van der Waals surface area (Å²) in [6, 6.07) is 0.559. The highest BCUT2D eigenvalue weighted by Gasteiger charge is 2.21. The molecular formula is C13H25NO. The van der Waals surface area contributed by atoms with Gasteiger partial charge in [0, 0.05) is 12.6 Å². The SMILES string of the molecule is C=C(C)CN1CCCCCC1CC(C)O. The first-order valence-electron chi connectivity index (χ1n) is 6.16. The topological polar surface area (TPSA) is 23.5 Å². The van der Waals surface area contributed by atoms with Crippen molar-refractivity contribution in [3.8, 4) is 0 Å². The molecule has 1 saturated heterocycles. The third kappa shape index (κ3) is 4.80. The normalized spacial score (nSPS) is 25.9. The van der Waals surface area contributed by atoms with Crippen LogP contribution in [0, 0.1) is 0 Å². The lowest BCUT2D eigenvalue weighted by Crippen LogP contribution is -2.37. The van der Waals surface area contributed by atoms with Crippen LogP contribution in [0.2, 0.25) is 0 Å². The highest BCUT2D eigenvalue weighted by Crippen LogP contribution is 2.21. The monoisotopic (exact) mass is 211 g/mol. The maximum absolute atomic E-state index is 9.50. The molecule has 0 radical (unpaired) electrons. The minimum atomic E-state index is -0.180. The zero-order valence-corrected chi connectivity index (χ0v) is 10.2. The van der Waals surface area contributed by atoms with Crippen molar-refractivity contribution in [2.45, 2.75) is 58.1 Å². The van der Waals surface area contributed by atoms with Crippen LogP contribution in [-0.4, -0.2) is 35.2 Å². The van der Waals surface area contributed by atoms with Crippen molar-refractivity contribution in [2.24, 2.45) is 0 Å². The highest BCUT2D eigenvalue weighted by atomic mass is 16.3. The Balaban J connectivity index is 2.54. The van der Waals surface area contributed by atoms with E-state index in [0.717, 1.165) is 13.0 Å². The van der Waals surface area contributed by atoms with E-state index >= 15 is 0 Å². The molecule has 88 valence electrons. The predicted molar refractivity (Wildman–Crippen MR) is 64.9 cm³/mol. The molecule has 1 aliphatic heterocycles. The largest absolute Gasteiger partial charge is 0.393 e. The van der Waals surface area contributed by atoms with E-state index in [9.17, 15) is 5.11 Å². The second-order valence-corrected chi connectivity index (χ2v) is 5.02. The maximum atomic E-state index is 9.50. The first-order valence-corrected chi connectivity index (χ1v) is 6.16. The third-order valence-corrected chi connectivity index (χ3v) is 3.09. The van der Waals surface area contributed by atoms with Crippen molar-refractivity contribution in [2.75, 3.05) is 13.1 Å². The molecule has 0 aliphatic carbocycles. The van der Waals surface area contributed by atoms with Gasteiger partial charge in [0.05, 0.1) is 6.10 Å². The third-order valence-electron chi connectivity index (χ3n) is 3.09. The van der Waals surface area contributed by atoms with Gasteiger partial charge in [-0.1, -0.05) is 25.0 Å². The van der Waals surface area contributed by atoms with Crippen LogP contribution in [0.15, 0.2) is 12.2 Å². The average molecular weight is 211 g/mol. The Morgan fingerprint density at radius 2 is 2.20 bits per heavy atom. The van der Waals surface area contributed by atoms with Gasteiger partial charge in [-0.25, -0.2) is 0 Å². The van der Waals surface area contributed by atoms with Crippen LogP contribution < -0.4 is 0 Å². The Bertz CT molecular complexity index is 201. The summed E-state index contributed by atoms with van der Waals surface area (Å²) >= 11 is 0. The van der Waals surface area contributed by atoms with Crippen molar-refractivity contribution in [3.05, 3.63) is 12.2 Å². The molecule has 2 atom stereocenters. The molecule has 1 heterocycles. The van der Waals surface area contributed by atoms with Crippen LogP contribution in [0.4, 0.5) is 0 Å². The molecule has 1 N–H and O–H groups in total. The fraction of sp³-hybridized carbons (Fsp3) is 0.846. The van der Waals surface area contributed by atoms with Crippen LogP contribution >= 0.6 is 0 Å². The lowest BCUT2D eigenvalue weighted by Gasteiger charge is -2.30. The summed E-state index contributed by atoms with van der Waals surface area (Å²) in [5.74, 6) is 0. The minimum absolute atomic E-state index is 0.180. The lowest BCUT2D eigenvalue weighted by atomic mass is 10.0. The molecule has 1 rings (SSSR count). The van der Waals surface area contributed by atoms with Gasteiger partial charge in [0.15, 0.2) is 0 Å². The van der Waals surface area contributed by atoms with Gasteiger partial charge in [0.25, 0.3) is 0 Å². The van der Waals surface area contributed by atoms with E-state index in [1.807, 2.05) is 6.92 Å². The van der Waals surface area contributed by atoms with Gasteiger partial charge in [0.2, 0.25) is 0 Å². The van der Waals surface area contributed by atoms with Gasteiger partial charge in [-0.05, 0) is 39.7 Å². The Hall–Kier alpha value is -0.340. The van der Waals surface area contributed by atoms with E-state index in [1.165, 1.54) is 37.8 Å². The Kier molecular flexibility index (Phi) is 5.34. The number of aliphatic hydroxyl groups is 1. The molecule has 1 aliphatic rings. The van der Waals surface area contributed by atoms with Gasteiger partial charge in [-0.2, -0.15) is 0 Å². The standard InChI is InChI=1S/C13H25NO/c1-11(2)10-14-8-6-4-5-7-13(14)9-12(3)15/h12-13,15H,1,4-10H2,2-3H3. The van der Waals surface area contributed by atoms with Crippen LogP contribution in [0.25, 0.3) is 0 Å². The fourth-order valence-electron chi connectivity index (χ4n) is 2.45. The zero-order chi connectivity index (χ0) is 11.3. The highest BCUT2D eigenvalue weighted by molar-refractivity contribution is 4.94. The van der Waals surface area contributed by atoms with E-state index in [0.29, 0.717) is 6.04 Å². The number of rotatable bonds is 4. The Labute approximate surface area is 94.0 Å². The van der Waals surface area contributed by atoms with Gasteiger partial charge >= 0.3 is 0 Å². The summed E-state index contributed by atoms with van der Waals surface area (Å²) in [7, 11) is 0. The molecular weight excluding hydrogens is 186 g/mol. The summed E-state index contributed by atoms with van der Waals surface area (Å²) in [5.41, 5.74) is 1.23. The number of nitrogens with zero attached hydrogens (tertiary/aromatic N) is 1.